The Bertz CT molecular complexity index is 1240. The monoisotopic (exact) mass is 463 g/mol. The molecule has 3 heterocycles. The molecule has 33 heavy (non-hydrogen) atoms. The first-order chi connectivity index (χ1) is 15.7. The van der Waals surface area contributed by atoms with Crippen LogP contribution in [0.2, 0.25) is 0 Å². The average Bonchev–Trinajstić information content (AvgIpc) is 3.10. The predicted octanol–water partition coefficient (Wildman–Crippen LogP) is 1.84. The molecule has 176 valence electrons. The Morgan fingerprint density at radius 2 is 1.97 bits per heavy atom. The summed E-state index contributed by atoms with van der Waals surface area (Å²) in [6.45, 7) is 4.68. The van der Waals surface area contributed by atoms with Crippen LogP contribution in [0.25, 0.3) is 5.82 Å². The molecule has 0 aliphatic carbocycles. The second kappa shape index (κ2) is 9.86. The molecule has 0 fully saturated rings. The molecule has 0 aliphatic rings. The maximum absolute atomic E-state index is 15.0. The zero-order chi connectivity index (χ0) is 24.3. The first-order valence-electron chi connectivity index (χ1n) is 10.1. The summed E-state index contributed by atoms with van der Waals surface area (Å²) in [6.07, 6.45) is 0.0427. The molecule has 0 aliphatic heterocycles. The Kier molecular flexibility index (Phi) is 7.16. The van der Waals surface area contributed by atoms with Crippen LogP contribution in [0.4, 0.5) is 8.78 Å². The van der Waals surface area contributed by atoms with Gasteiger partial charge in [-0.1, -0.05) is 0 Å². The zero-order valence-corrected chi connectivity index (χ0v) is 18.5. The molecular formula is C21H23F2N5O5. The lowest BCUT2D eigenvalue weighted by atomic mass is 10.0. The molecule has 1 N–H and O–H groups in total. The third-order valence-electron chi connectivity index (χ3n) is 4.64. The molecule has 3 aromatic rings. The van der Waals surface area contributed by atoms with E-state index in [1.54, 1.807) is 20.8 Å². The molecule has 0 bridgehead atoms. The number of aliphatic hydroxyl groups excluding tert-OH is 1. The van der Waals surface area contributed by atoms with Crippen molar-refractivity contribution in [3.8, 4) is 17.6 Å². The number of pyridine rings is 2. The highest BCUT2D eigenvalue weighted by Crippen LogP contribution is 2.25. The Morgan fingerprint density at radius 3 is 2.55 bits per heavy atom. The minimum absolute atomic E-state index is 0.00247. The van der Waals surface area contributed by atoms with Crippen LogP contribution in [-0.2, 0) is 19.6 Å². The van der Waals surface area contributed by atoms with Crippen molar-refractivity contribution in [3.63, 3.8) is 0 Å². The van der Waals surface area contributed by atoms with Crippen LogP contribution >= 0.6 is 0 Å². The minimum Gasteiger partial charge on any atom is -0.481 e. The van der Waals surface area contributed by atoms with E-state index < -0.39 is 48.1 Å². The third kappa shape index (κ3) is 4.90. The fraction of sp³-hybridized carbons (Fsp3) is 0.381. The molecule has 0 unspecified atom stereocenters. The quantitative estimate of drug-likeness (QED) is 0.477. The van der Waals surface area contributed by atoms with Crippen molar-refractivity contribution in [2.24, 2.45) is 0 Å². The van der Waals surface area contributed by atoms with Crippen molar-refractivity contribution >= 4 is 5.78 Å². The smallest absolute Gasteiger partial charge is 0.352 e. The number of ether oxygens (including phenoxy) is 2. The lowest BCUT2D eigenvalue weighted by molar-refractivity contribution is 0.0984. The average molecular weight is 463 g/mol. The van der Waals surface area contributed by atoms with Crippen LogP contribution < -0.4 is 15.2 Å². The van der Waals surface area contributed by atoms with Crippen LogP contribution in [0.5, 0.6) is 11.8 Å². The number of ketones is 1. The molecule has 0 saturated carbocycles. The Labute approximate surface area is 187 Å². The number of rotatable bonds is 9. The Morgan fingerprint density at radius 1 is 1.24 bits per heavy atom. The highest BCUT2D eigenvalue weighted by molar-refractivity contribution is 5.99. The van der Waals surface area contributed by atoms with E-state index in [0.717, 1.165) is 16.8 Å². The van der Waals surface area contributed by atoms with Gasteiger partial charge in [-0.05, 0) is 26.8 Å². The number of aliphatic hydroxyl groups is 1. The fourth-order valence-electron chi connectivity index (χ4n) is 3.11. The van der Waals surface area contributed by atoms with Crippen LogP contribution in [0.3, 0.4) is 0 Å². The van der Waals surface area contributed by atoms with Gasteiger partial charge in [0.1, 0.15) is 12.4 Å². The fourth-order valence-corrected chi connectivity index (χ4v) is 3.11. The number of hydrogen-bond donors (Lipinski definition) is 1. The van der Waals surface area contributed by atoms with Crippen LogP contribution in [0.1, 0.15) is 42.5 Å². The summed E-state index contributed by atoms with van der Waals surface area (Å²) in [4.78, 5) is 33.3. The number of methoxy groups -OCH3 is 1. The van der Waals surface area contributed by atoms with Gasteiger partial charge in [0.15, 0.2) is 23.2 Å². The molecular weight excluding hydrogens is 440 g/mol. The largest absolute Gasteiger partial charge is 0.481 e. The molecule has 12 heteroatoms. The number of Topliss-reactive ketones (excluding diaryl/α,β-unsaturated/α-hetero) is 1. The molecule has 0 atom stereocenters. The van der Waals surface area contributed by atoms with Crippen molar-refractivity contribution in [1.29, 1.82) is 0 Å². The molecule has 0 saturated heterocycles. The summed E-state index contributed by atoms with van der Waals surface area (Å²) < 4.78 is 41.6. The lowest BCUT2D eigenvalue weighted by Crippen LogP contribution is -2.26. The summed E-state index contributed by atoms with van der Waals surface area (Å²) in [6, 6.07) is 2.14. The van der Waals surface area contributed by atoms with Crippen molar-refractivity contribution in [1.82, 2.24) is 24.3 Å². The van der Waals surface area contributed by atoms with Gasteiger partial charge in [0.2, 0.25) is 11.8 Å². The van der Waals surface area contributed by atoms with Gasteiger partial charge in [-0.2, -0.15) is 9.67 Å². The summed E-state index contributed by atoms with van der Waals surface area (Å²) >= 11 is 0. The van der Waals surface area contributed by atoms with E-state index in [9.17, 15) is 19.1 Å². The maximum atomic E-state index is 15.0. The second-order valence-electron chi connectivity index (χ2n) is 7.24. The molecule has 0 radical (unpaired) electrons. The second-order valence-corrected chi connectivity index (χ2v) is 7.24. The van der Waals surface area contributed by atoms with Gasteiger partial charge in [-0.15, -0.1) is 5.10 Å². The van der Waals surface area contributed by atoms with Gasteiger partial charge >= 0.3 is 5.69 Å². The van der Waals surface area contributed by atoms with Crippen molar-refractivity contribution in [2.45, 2.75) is 46.4 Å². The van der Waals surface area contributed by atoms with Gasteiger partial charge in [-0.3, -0.25) is 9.36 Å². The van der Waals surface area contributed by atoms with E-state index >= 15 is 4.39 Å². The topological polar surface area (TPSA) is 121 Å². The highest BCUT2D eigenvalue weighted by atomic mass is 19.1. The SMILES string of the molecule is CCn1c(CO)nn(-c2nc(OC(C)C)c(C(=O)Cc3cc(OC)ncc3F)cc2F)c1=O. The minimum atomic E-state index is -1.02. The summed E-state index contributed by atoms with van der Waals surface area (Å²) in [5.74, 6) is -3.01. The third-order valence-corrected chi connectivity index (χ3v) is 4.64. The van der Waals surface area contributed by atoms with E-state index in [-0.39, 0.29) is 35.3 Å². The normalized spacial score (nSPS) is 11.2. The van der Waals surface area contributed by atoms with Crippen LogP contribution in [0, 0.1) is 11.6 Å². The molecule has 0 aromatic carbocycles. The molecule has 3 aromatic heterocycles. The predicted molar refractivity (Wildman–Crippen MR) is 112 cm³/mol. The number of carbonyl (C=O) groups excluding carboxylic acids is 1. The van der Waals surface area contributed by atoms with Gasteiger partial charge in [-0.25, -0.2) is 18.6 Å². The number of aromatic nitrogens is 5. The first-order valence-corrected chi connectivity index (χ1v) is 10.1. The maximum Gasteiger partial charge on any atom is 0.352 e. The van der Waals surface area contributed by atoms with Crippen molar-refractivity contribution in [3.05, 3.63) is 57.4 Å². The van der Waals surface area contributed by atoms with E-state index in [1.165, 1.54) is 13.2 Å². The summed E-state index contributed by atoms with van der Waals surface area (Å²) in [5, 5.41) is 13.4. The van der Waals surface area contributed by atoms with E-state index in [4.69, 9.17) is 9.47 Å². The summed E-state index contributed by atoms with van der Waals surface area (Å²) in [5.41, 5.74) is -0.948. The Hall–Kier alpha value is -3.67. The van der Waals surface area contributed by atoms with Crippen LogP contribution in [0.15, 0.2) is 23.1 Å². The molecule has 3 rings (SSSR count). The molecule has 0 amide bonds. The lowest BCUT2D eigenvalue weighted by Gasteiger charge is -2.14. The van der Waals surface area contributed by atoms with Gasteiger partial charge < -0.3 is 14.6 Å². The molecule has 0 spiro atoms. The summed E-state index contributed by atoms with van der Waals surface area (Å²) in [7, 11) is 1.35. The number of halogens is 2. The number of nitrogens with zero attached hydrogens (tertiary/aromatic N) is 5. The number of hydrogen-bond acceptors (Lipinski definition) is 8. The Balaban J connectivity index is 2.09. The van der Waals surface area contributed by atoms with Gasteiger partial charge in [0, 0.05) is 24.6 Å². The highest BCUT2D eigenvalue weighted by Gasteiger charge is 2.24. The molecule has 10 nitrogen and oxygen atoms in total. The van der Waals surface area contributed by atoms with E-state index in [1.807, 2.05) is 0 Å². The van der Waals surface area contributed by atoms with E-state index in [2.05, 4.69) is 15.1 Å². The van der Waals surface area contributed by atoms with Crippen molar-refractivity contribution in [2.75, 3.05) is 7.11 Å². The first kappa shape index (κ1) is 24.0. The van der Waals surface area contributed by atoms with E-state index in [0.29, 0.717) is 4.68 Å². The van der Waals surface area contributed by atoms with Gasteiger partial charge in [0.05, 0.1) is 25.0 Å². The standard InChI is InChI=1S/C21H23F2N5O5/c1-5-27-17(10-29)26-28(21(27)31)19-14(22)8-13(20(25-19)33-11(2)3)16(30)6-12-7-18(32-4)24-9-15(12)23/h7-9,11,29H,5-6,10H2,1-4H3. The number of carbonyl (C=O) groups is 1. The van der Waals surface area contributed by atoms with Crippen molar-refractivity contribution < 1.29 is 28.2 Å². The van der Waals surface area contributed by atoms with Crippen LogP contribution in [-0.4, -0.2) is 48.4 Å². The zero-order valence-electron chi connectivity index (χ0n) is 18.5. The van der Waals surface area contributed by atoms with Gasteiger partial charge in [0.25, 0.3) is 0 Å².